The summed E-state index contributed by atoms with van der Waals surface area (Å²) in [6.45, 7) is 2.85. The van der Waals surface area contributed by atoms with Crippen LogP contribution in [0, 0.1) is 0 Å². The van der Waals surface area contributed by atoms with Gasteiger partial charge in [-0.2, -0.15) is 0 Å². The molecular weight excluding hydrogens is 301 g/mol. The summed E-state index contributed by atoms with van der Waals surface area (Å²) in [6, 6.07) is 13.2. The molecule has 0 aliphatic rings. The molecule has 0 heterocycles. The first-order chi connectivity index (χ1) is 9.13. The van der Waals surface area contributed by atoms with Gasteiger partial charge in [-0.05, 0) is 36.4 Å². The second-order valence-electron chi connectivity index (χ2n) is 4.18. The molecule has 1 N–H and O–H groups in total. The lowest BCUT2D eigenvalue weighted by Crippen LogP contribution is -2.22. The van der Waals surface area contributed by atoms with E-state index in [4.69, 9.17) is 34.8 Å². The lowest BCUT2D eigenvalue weighted by atomic mass is 9.98. The van der Waals surface area contributed by atoms with Gasteiger partial charge < -0.3 is 5.32 Å². The smallest absolute Gasteiger partial charge is 0.0606 e. The van der Waals surface area contributed by atoms with E-state index < -0.39 is 0 Å². The van der Waals surface area contributed by atoms with Gasteiger partial charge >= 0.3 is 0 Å². The minimum atomic E-state index is -0.0649. The number of hydrogen-bond donors (Lipinski definition) is 1. The second kappa shape index (κ2) is 6.62. The predicted molar refractivity (Wildman–Crippen MR) is 83.4 cm³/mol. The highest BCUT2D eigenvalue weighted by Crippen LogP contribution is 2.34. The van der Waals surface area contributed by atoms with Crippen LogP contribution in [0.2, 0.25) is 15.1 Å². The number of hydrogen-bond acceptors (Lipinski definition) is 1. The summed E-state index contributed by atoms with van der Waals surface area (Å²) in [5.74, 6) is 0. The molecule has 0 aliphatic heterocycles. The van der Waals surface area contributed by atoms with E-state index in [-0.39, 0.29) is 6.04 Å². The van der Waals surface area contributed by atoms with Gasteiger partial charge in [-0.3, -0.25) is 0 Å². The Labute approximate surface area is 128 Å². The molecule has 0 aromatic heterocycles. The van der Waals surface area contributed by atoms with Crippen LogP contribution in [0.25, 0.3) is 0 Å². The molecular formula is C15H14Cl3N. The fraction of sp³-hybridized carbons (Fsp3) is 0.200. The zero-order valence-corrected chi connectivity index (χ0v) is 12.7. The molecule has 19 heavy (non-hydrogen) atoms. The molecule has 0 saturated heterocycles. The minimum Gasteiger partial charge on any atom is -0.306 e. The monoisotopic (exact) mass is 313 g/mol. The molecule has 0 spiro atoms. The molecule has 2 aromatic carbocycles. The van der Waals surface area contributed by atoms with Crippen LogP contribution < -0.4 is 5.32 Å². The first-order valence-electron chi connectivity index (χ1n) is 6.06. The summed E-state index contributed by atoms with van der Waals surface area (Å²) in [7, 11) is 0. The quantitative estimate of drug-likeness (QED) is 0.802. The Morgan fingerprint density at radius 3 is 2.21 bits per heavy atom. The minimum absolute atomic E-state index is 0.0649. The van der Waals surface area contributed by atoms with Crippen LogP contribution in [-0.4, -0.2) is 6.54 Å². The molecule has 1 nitrogen and oxygen atoms in total. The summed E-state index contributed by atoms with van der Waals surface area (Å²) in [5, 5.41) is 5.40. The van der Waals surface area contributed by atoms with E-state index in [0.717, 1.165) is 17.7 Å². The number of nitrogens with one attached hydrogen (secondary N) is 1. The molecule has 0 amide bonds. The van der Waals surface area contributed by atoms with Crippen molar-refractivity contribution in [2.75, 3.05) is 6.54 Å². The Hall–Kier alpha value is -0.730. The van der Waals surface area contributed by atoms with E-state index in [2.05, 4.69) is 5.32 Å². The van der Waals surface area contributed by atoms with Crippen molar-refractivity contribution in [1.82, 2.24) is 5.32 Å². The van der Waals surface area contributed by atoms with E-state index in [1.54, 1.807) is 0 Å². The molecule has 0 aliphatic carbocycles. The highest BCUT2D eigenvalue weighted by Gasteiger charge is 2.19. The van der Waals surface area contributed by atoms with Crippen molar-refractivity contribution >= 4 is 34.8 Å². The van der Waals surface area contributed by atoms with E-state index in [9.17, 15) is 0 Å². The Kier molecular flexibility index (Phi) is 5.12. The molecule has 0 fully saturated rings. The van der Waals surface area contributed by atoms with Crippen LogP contribution in [0.4, 0.5) is 0 Å². The summed E-state index contributed by atoms with van der Waals surface area (Å²) >= 11 is 18.6. The standard InChI is InChI=1S/C15H14Cl3N/c1-2-19-15(10-5-3-6-11(16)9-10)14-12(17)7-4-8-13(14)18/h3-9,15,19H,2H2,1H3. The SMILES string of the molecule is CCNC(c1cccc(Cl)c1)c1c(Cl)cccc1Cl. The molecule has 0 radical (unpaired) electrons. The van der Waals surface area contributed by atoms with Gasteiger partial charge in [-0.15, -0.1) is 0 Å². The largest absolute Gasteiger partial charge is 0.306 e. The summed E-state index contributed by atoms with van der Waals surface area (Å²) < 4.78 is 0. The van der Waals surface area contributed by atoms with Gasteiger partial charge in [0.2, 0.25) is 0 Å². The third-order valence-electron chi connectivity index (χ3n) is 2.88. The van der Waals surface area contributed by atoms with Crippen LogP contribution in [0.5, 0.6) is 0 Å². The zero-order valence-electron chi connectivity index (χ0n) is 10.5. The number of rotatable bonds is 4. The average molecular weight is 315 g/mol. The van der Waals surface area contributed by atoms with Gasteiger partial charge in [0.05, 0.1) is 6.04 Å². The Morgan fingerprint density at radius 2 is 1.63 bits per heavy atom. The average Bonchev–Trinajstić information content (AvgIpc) is 2.37. The van der Waals surface area contributed by atoms with E-state index in [0.29, 0.717) is 15.1 Å². The molecule has 4 heteroatoms. The third kappa shape index (κ3) is 3.43. The molecule has 100 valence electrons. The highest BCUT2D eigenvalue weighted by atomic mass is 35.5. The van der Waals surface area contributed by atoms with Crippen molar-refractivity contribution in [3.05, 3.63) is 68.7 Å². The molecule has 2 rings (SSSR count). The Morgan fingerprint density at radius 1 is 1.00 bits per heavy atom. The van der Waals surface area contributed by atoms with E-state index >= 15 is 0 Å². The lowest BCUT2D eigenvalue weighted by Gasteiger charge is -2.21. The fourth-order valence-corrected chi connectivity index (χ4v) is 2.88. The van der Waals surface area contributed by atoms with Crippen LogP contribution in [0.15, 0.2) is 42.5 Å². The van der Waals surface area contributed by atoms with Crippen molar-refractivity contribution in [2.45, 2.75) is 13.0 Å². The Bertz CT molecular complexity index is 549. The van der Waals surface area contributed by atoms with E-state index in [1.807, 2.05) is 49.4 Å². The van der Waals surface area contributed by atoms with Crippen LogP contribution in [0.3, 0.4) is 0 Å². The molecule has 1 atom stereocenters. The van der Waals surface area contributed by atoms with Gasteiger partial charge in [-0.1, -0.05) is 59.9 Å². The van der Waals surface area contributed by atoms with Crippen molar-refractivity contribution in [1.29, 1.82) is 0 Å². The van der Waals surface area contributed by atoms with Gasteiger partial charge in [-0.25, -0.2) is 0 Å². The molecule has 0 bridgehead atoms. The summed E-state index contributed by atoms with van der Waals surface area (Å²) in [5.41, 5.74) is 1.93. The molecule has 2 aromatic rings. The lowest BCUT2D eigenvalue weighted by molar-refractivity contribution is 0.631. The van der Waals surface area contributed by atoms with Crippen LogP contribution >= 0.6 is 34.8 Å². The van der Waals surface area contributed by atoms with Gasteiger partial charge in [0.25, 0.3) is 0 Å². The van der Waals surface area contributed by atoms with Gasteiger partial charge in [0, 0.05) is 20.6 Å². The van der Waals surface area contributed by atoms with Crippen molar-refractivity contribution in [2.24, 2.45) is 0 Å². The second-order valence-corrected chi connectivity index (χ2v) is 5.43. The molecule has 0 saturated carbocycles. The fourth-order valence-electron chi connectivity index (χ4n) is 2.06. The first kappa shape index (κ1) is 14.7. The highest BCUT2D eigenvalue weighted by molar-refractivity contribution is 6.36. The zero-order chi connectivity index (χ0) is 13.8. The van der Waals surface area contributed by atoms with E-state index in [1.165, 1.54) is 0 Å². The van der Waals surface area contributed by atoms with Gasteiger partial charge in [0.15, 0.2) is 0 Å². The third-order valence-corrected chi connectivity index (χ3v) is 3.77. The maximum Gasteiger partial charge on any atom is 0.0606 e. The number of halogens is 3. The maximum absolute atomic E-state index is 6.29. The first-order valence-corrected chi connectivity index (χ1v) is 7.19. The predicted octanol–water partition coefficient (Wildman–Crippen LogP) is 5.35. The molecule has 1 unspecified atom stereocenters. The van der Waals surface area contributed by atoms with Crippen molar-refractivity contribution < 1.29 is 0 Å². The topological polar surface area (TPSA) is 12.0 Å². The Balaban J connectivity index is 2.51. The van der Waals surface area contributed by atoms with Gasteiger partial charge in [0.1, 0.15) is 0 Å². The normalized spacial score (nSPS) is 12.4. The van der Waals surface area contributed by atoms with Crippen molar-refractivity contribution in [3.63, 3.8) is 0 Å². The maximum atomic E-state index is 6.29. The summed E-state index contributed by atoms with van der Waals surface area (Å²) in [4.78, 5) is 0. The van der Waals surface area contributed by atoms with Crippen LogP contribution in [-0.2, 0) is 0 Å². The summed E-state index contributed by atoms with van der Waals surface area (Å²) in [6.07, 6.45) is 0. The van der Waals surface area contributed by atoms with Crippen molar-refractivity contribution in [3.8, 4) is 0 Å². The van der Waals surface area contributed by atoms with Crippen LogP contribution in [0.1, 0.15) is 24.1 Å². The number of benzene rings is 2.